The second-order valence-electron chi connectivity index (χ2n) is 4.45. The fraction of sp³-hybridized carbons (Fsp3) is 0.615. The number of methoxy groups -OCH3 is 2. The minimum Gasteiger partial charge on any atom is -0.383 e. The van der Waals surface area contributed by atoms with Crippen molar-refractivity contribution in [3.63, 3.8) is 0 Å². The first-order valence-electron chi connectivity index (χ1n) is 6.12. The zero-order chi connectivity index (χ0) is 14.4. The topological polar surface area (TPSA) is 43.7 Å². The smallest absolute Gasteiger partial charge is 0.270 e. The maximum absolute atomic E-state index is 12.6. The molecule has 1 aromatic heterocycles. The van der Waals surface area contributed by atoms with Crippen LogP contribution in [0.1, 0.15) is 17.4 Å². The van der Waals surface area contributed by atoms with Crippen molar-refractivity contribution < 1.29 is 14.3 Å². The van der Waals surface area contributed by atoms with E-state index < -0.39 is 0 Å². The van der Waals surface area contributed by atoms with Gasteiger partial charge in [0.15, 0.2) is 0 Å². The second-order valence-corrected chi connectivity index (χ2v) is 5.37. The van der Waals surface area contributed by atoms with Crippen molar-refractivity contribution in [1.82, 2.24) is 9.47 Å². The monoisotopic (exact) mass is 332 g/mol. The molecule has 108 valence electrons. The fourth-order valence-electron chi connectivity index (χ4n) is 1.93. The highest BCUT2D eigenvalue weighted by molar-refractivity contribution is 9.10. The second kappa shape index (κ2) is 7.67. The molecule has 0 spiro atoms. The number of carbonyl (C=O) groups is 1. The van der Waals surface area contributed by atoms with Crippen LogP contribution in [0.2, 0.25) is 0 Å². The molecular weight excluding hydrogens is 312 g/mol. The van der Waals surface area contributed by atoms with Gasteiger partial charge in [-0.1, -0.05) is 0 Å². The Morgan fingerprint density at radius 3 is 2.63 bits per heavy atom. The number of nitrogens with zero attached hydrogens (tertiary/aromatic N) is 2. The van der Waals surface area contributed by atoms with Crippen molar-refractivity contribution in [1.29, 1.82) is 0 Å². The molecule has 0 aliphatic heterocycles. The fourth-order valence-corrected chi connectivity index (χ4v) is 2.45. The van der Waals surface area contributed by atoms with Crippen LogP contribution in [0.5, 0.6) is 0 Å². The summed E-state index contributed by atoms with van der Waals surface area (Å²) in [5.41, 5.74) is 0.644. The molecule has 19 heavy (non-hydrogen) atoms. The Bertz CT molecular complexity index is 420. The molecule has 1 unspecified atom stereocenters. The molecule has 1 atom stereocenters. The minimum absolute atomic E-state index is 0.00123. The van der Waals surface area contributed by atoms with Gasteiger partial charge in [0.05, 0.1) is 19.3 Å². The maximum Gasteiger partial charge on any atom is 0.270 e. The van der Waals surface area contributed by atoms with E-state index in [1.54, 1.807) is 19.1 Å². The molecule has 0 N–H and O–H groups in total. The van der Waals surface area contributed by atoms with E-state index in [-0.39, 0.29) is 11.9 Å². The summed E-state index contributed by atoms with van der Waals surface area (Å²) in [6.45, 7) is 3.52. The zero-order valence-corrected chi connectivity index (χ0v) is 13.4. The third kappa shape index (κ3) is 4.33. The molecule has 0 fully saturated rings. The largest absolute Gasteiger partial charge is 0.383 e. The molecular formula is C13H21BrN2O3. The molecule has 0 aliphatic rings. The lowest BCUT2D eigenvalue weighted by molar-refractivity contribution is 0.0471. The standard InChI is InChI=1S/C13H21BrN2O3/c1-10(9-19-4)16(5-6-18-3)13(17)12-7-11(14)8-15(12)2/h7-8,10H,5-6,9H2,1-4H3. The molecule has 1 heterocycles. The van der Waals surface area contributed by atoms with Gasteiger partial charge in [0, 0.05) is 38.5 Å². The molecule has 0 saturated heterocycles. The van der Waals surface area contributed by atoms with Crippen LogP contribution in [0, 0.1) is 0 Å². The molecule has 6 heteroatoms. The number of aryl methyl sites for hydroxylation is 1. The van der Waals surface area contributed by atoms with E-state index in [2.05, 4.69) is 15.9 Å². The Hall–Kier alpha value is -0.850. The third-order valence-electron chi connectivity index (χ3n) is 2.93. The van der Waals surface area contributed by atoms with Crippen molar-refractivity contribution in [3.05, 3.63) is 22.4 Å². The lowest BCUT2D eigenvalue weighted by Gasteiger charge is -2.28. The van der Waals surface area contributed by atoms with Crippen LogP contribution in [0.15, 0.2) is 16.7 Å². The SMILES string of the molecule is COCCN(C(=O)c1cc(Br)cn1C)C(C)COC. The van der Waals surface area contributed by atoms with E-state index in [0.29, 0.717) is 25.5 Å². The molecule has 1 amide bonds. The van der Waals surface area contributed by atoms with Crippen LogP contribution in [-0.4, -0.2) is 55.4 Å². The molecule has 0 aliphatic carbocycles. The Morgan fingerprint density at radius 1 is 1.47 bits per heavy atom. The number of carbonyl (C=O) groups excluding carboxylic acids is 1. The summed E-state index contributed by atoms with van der Waals surface area (Å²) in [6.07, 6.45) is 1.86. The summed E-state index contributed by atoms with van der Waals surface area (Å²) in [6, 6.07) is 1.82. The predicted octanol–water partition coefficient (Wildman–Crippen LogP) is 1.91. The average Bonchev–Trinajstić information content (AvgIpc) is 2.69. The Labute approximate surface area is 122 Å². The van der Waals surface area contributed by atoms with E-state index in [9.17, 15) is 4.79 Å². The number of aromatic nitrogens is 1. The van der Waals surface area contributed by atoms with Gasteiger partial charge in [0.25, 0.3) is 5.91 Å². The lowest BCUT2D eigenvalue weighted by Crippen LogP contribution is -2.43. The third-order valence-corrected chi connectivity index (χ3v) is 3.36. The Morgan fingerprint density at radius 2 is 2.16 bits per heavy atom. The number of ether oxygens (including phenoxy) is 2. The highest BCUT2D eigenvalue weighted by atomic mass is 79.9. The van der Waals surface area contributed by atoms with Gasteiger partial charge in [-0.3, -0.25) is 4.79 Å². The molecule has 0 saturated carbocycles. The van der Waals surface area contributed by atoms with Gasteiger partial charge in [-0.2, -0.15) is 0 Å². The van der Waals surface area contributed by atoms with Crippen LogP contribution in [0.25, 0.3) is 0 Å². The van der Waals surface area contributed by atoms with Crippen LogP contribution in [0.3, 0.4) is 0 Å². The summed E-state index contributed by atoms with van der Waals surface area (Å²) < 4.78 is 12.9. The summed E-state index contributed by atoms with van der Waals surface area (Å²) in [4.78, 5) is 14.3. The molecule has 0 aromatic carbocycles. The molecule has 5 nitrogen and oxygen atoms in total. The van der Waals surface area contributed by atoms with Crippen molar-refractivity contribution in [3.8, 4) is 0 Å². The molecule has 1 aromatic rings. The first-order chi connectivity index (χ1) is 9.01. The predicted molar refractivity (Wildman–Crippen MR) is 77.4 cm³/mol. The van der Waals surface area contributed by atoms with Gasteiger partial charge in [-0.15, -0.1) is 0 Å². The minimum atomic E-state index is -0.0187. The quantitative estimate of drug-likeness (QED) is 0.766. The maximum atomic E-state index is 12.6. The van der Waals surface area contributed by atoms with Crippen LogP contribution < -0.4 is 0 Å². The Kier molecular flexibility index (Phi) is 6.54. The van der Waals surface area contributed by atoms with E-state index in [0.717, 1.165) is 4.47 Å². The van der Waals surface area contributed by atoms with Gasteiger partial charge in [-0.25, -0.2) is 0 Å². The number of amides is 1. The summed E-state index contributed by atoms with van der Waals surface area (Å²) in [7, 11) is 5.12. The average molecular weight is 333 g/mol. The van der Waals surface area contributed by atoms with Crippen molar-refractivity contribution >= 4 is 21.8 Å². The van der Waals surface area contributed by atoms with Crippen molar-refractivity contribution in [2.45, 2.75) is 13.0 Å². The van der Waals surface area contributed by atoms with E-state index in [4.69, 9.17) is 9.47 Å². The number of hydrogen-bond donors (Lipinski definition) is 0. The van der Waals surface area contributed by atoms with Crippen molar-refractivity contribution in [2.75, 3.05) is 34.0 Å². The van der Waals surface area contributed by atoms with E-state index >= 15 is 0 Å². The molecule has 0 bridgehead atoms. The number of rotatable bonds is 7. The first-order valence-corrected chi connectivity index (χ1v) is 6.91. The number of hydrogen-bond acceptors (Lipinski definition) is 3. The summed E-state index contributed by atoms with van der Waals surface area (Å²) in [5.74, 6) is -0.0187. The normalized spacial score (nSPS) is 12.5. The van der Waals surface area contributed by atoms with Gasteiger partial charge < -0.3 is 18.9 Å². The Balaban J connectivity index is 2.89. The highest BCUT2D eigenvalue weighted by Crippen LogP contribution is 2.16. The highest BCUT2D eigenvalue weighted by Gasteiger charge is 2.23. The number of halogens is 1. The van der Waals surface area contributed by atoms with Gasteiger partial charge in [0.2, 0.25) is 0 Å². The van der Waals surface area contributed by atoms with E-state index in [1.165, 1.54) is 0 Å². The molecule has 0 radical (unpaired) electrons. The zero-order valence-electron chi connectivity index (χ0n) is 11.9. The molecule has 1 rings (SSSR count). The van der Waals surface area contributed by atoms with E-state index in [1.807, 2.05) is 30.8 Å². The summed E-state index contributed by atoms with van der Waals surface area (Å²) in [5, 5.41) is 0. The van der Waals surface area contributed by atoms with Crippen LogP contribution >= 0.6 is 15.9 Å². The summed E-state index contributed by atoms with van der Waals surface area (Å²) >= 11 is 3.38. The van der Waals surface area contributed by atoms with Gasteiger partial charge >= 0.3 is 0 Å². The van der Waals surface area contributed by atoms with Crippen LogP contribution in [-0.2, 0) is 16.5 Å². The first kappa shape index (κ1) is 16.2. The lowest BCUT2D eigenvalue weighted by atomic mass is 10.2. The van der Waals surface area contributed by atoms with Gasteiger partial charge in [0.1, 0.15) is 5.69 Å². The van der Waals surface area contributed by atoms with Gasteiger partial charge in [-0.05, 0) is 28.9 Å². The van der Waals surface area contributed by atoms with Crippen LogP contribution in [0.4, 0.5) is 0 Å². The van der Waals surface area contributed by atoms with Crippen molar-refractivity contribution in [2.24, 2.45) is 7.05 Å².